The van der Waals surface area contributed by atoms with Crippen molar-refractivity contribution in [2.75, 3.05) is 12.4 Å². The van der Waals surface area contributed by atoms with Crippen LogP contribution in [0, 0.1) is 6.92 Å². The number of hydrogen-bond donors (Lipinski definition) is 1. The molecule has 0 fully saturated rings. The van der Waals surface area contributed by atoms with E-state index in [4.69, 9.17) is 9.26 Å². The number of benzene rings is 2. The minimum Gasteiger partial charge on any atom is -0.497 e. The molecule has 5 nitrogen and oxygen atoms in total. The molecule has 1 N–H and O–H groups in total. The van der Waals surface area contributed by atoms with E-state index in [0.717, 1.165) is 40.3 Å². The lowest BCUT2D eigenvalue weighted by atomic mass is 9.72. The molecule has 0 bridgehead atoms. The van der Waals surface area contributed by atoms with Gasteiger partial charge in [0.25, 0.3) is 0 Å². The van der Waals surface area contributed by atoms with Crippen molar-refractivity contribution in [3.8, 4) is 5.75 Å². The van der Waals surface area contributed by atoms with E-state index in [-0.39, 0.29) is 17.6 Å². The summed E-state index contributed by atoms with van der Waals surface area (Å²) in [7, 11) is 1.65. The molecule has 5 heteroatoms. The molecule has 0 unspecified atom stereocenters. The molecule has 0 saturated carbocycles. The Hall–Kier alpha value is -3.34. The van der Waals surface area contributed by atoms with Gasteiger partial charge in [0, 0.05) is 23.6 Å². The molecule has 29 heavy (non-hydrogen) atoms. The summed E-state index contributed by atoms with van der Waals surface area (Å²) in [4.78, 5) is 13.4. The zero-order chi connectivity index (χ0) is 20.0. The highest BCUT2D eigenvalue weighted by Gasteiger charge is 2.41. The van der Waals surface area contributed by atoms with Crippen molar-refractivity contribution >= 4 is 11.7 Å². The monoisotopic (exact) mass is 386 g/mol. The topological polar surface area (TPSA) is 64.4 Å². The Morgan fingerprint density at radius 1 is 1.03 bits per heavy atom. The molecule has 2 atom stereocenters. The predicted octanol–water partition coefficient (Wildman–Crippen LogP) is 4.95. The van der Waals surface area contributed by atoms with Crippen molar-refractivity contribution in [2.24, 2.45) is 0 Å². The molecule has 2 heterocycles. The first kappa shape index (κ1) is 17.7. The summed E-state index contributed by atoms with van der Waals surface area (Å²) in [5.74, 6) is 1.60. The number of nitrogens with one attached hydrogen (secondary N) is 1. The maximum atomic E-state index is 13.4. The first-order valence-corrected chi connectivity index (χ1v) is 9.84. The number of carbonyl (C=O) groups is 1. The van der Waals surface area contributed by atoms with Crippen molar-refractivity contribution in [1.29, 1.82) is 0 Å². The fraction of sp³-hybridized carbons (Fsp3) is 0.250. The van der Waals surface area contributed by atoms with E-state index >= 15 is 0 Å². The second-order valence-corrected chi connectivity index (χ2v) is 7.67. The maximum absolute atomic E-state index is 13.4. The Bertz CT molecular complexity index is 1100. The highest BCUT2D eigenvalue weighted by molar-refractivity contribution is 6.01. The van der Waals surface area contributed by atoms with Gasteiger partial charge in [0.05, 0.1) is 18.4 Å². The molecule has 2 aliphatic rings. The summed E-state index contributed by atoms with van der Waals surface area (Å²) < 4.78 is 10.9. The van der Waals surface area contributed by atoms with Crippen molar-refractivity contribution in [3.05, 3.63) is 88.3 Å². The van der Waals surface area contributed by atoms with E-state index < -0.39 is 0 Å². The van der Waals surface area contributed by atoms with Gasteiger partial charge in [0.15, 0.2) is 5.78 Å². The first-order chi connectivity index (χ1) is 14.2. The summed E-state index contributed by atoms with van der Waals surface area (Å²) >= 11 is 0. The number of hydrogen-bond acceptors (Lipinski definition) is 5. The summed E-state index contributed by atoms with van der Waals surface area (Å²) in [6.07, 6.45) is 1.29. The van der Waals surface area contributed by atoms with Crippen LogP contribution in [0.3, 0.4) is 0 Å². The normalized spacial score (nSPS) is 20.7. The van der Waals surface area contributed by atoms with E-state index in [1.165, 1.54) is 5.56 Å². The highest BCUT2D eigenvalue weighted by atomic mass is 16.5. The Morgan fingerprint density at radius 3 is 2.52 bits per heavy atom. The third-order valence-electron chi connectivity index (χ3n) is 5.98. The number of allylic oxidation sites excluding steroid dienone is 2. The Morgan fingerprint density at radius 2 is 1.79 bits per heavy atom. The third-order valence-corrected chi connectivity index (χ3v) is 5.98. The van der Waals surface area contributed by atoms with Gasteiger partial charge in [-0.25, -0.2) is 0 Å². The van der Waals surface area contributed by atoms with Crippen molar-refractivity contribution < 1.29 is 14.1 Å². The van der Waals surface area contributed by atoms with E-state index in [2.05, 4.69) is 22.6 Å². The lowest BCUT2D eigenvalue weighted by Gasteiger charge is -2.34. The Balaban J connectivity index is 1.61. The lowest BCUT2D eigenvalue weighted by molar-refractivity contribution is -0.116. The van der Waals surface area contributed by atoms with Gasteiger partial charge in [-0.2, -0.15) is 0 Å². The summed E-state index contributed by atoms with van der Waals surface area (Å²) in [6.45, 7) is 1.92. The van der Waals surface area contributed by atoms with Crippen molar-refractivity contribution in [1.82, 2.24) is 5.16 Å². The quantitative estimate of drug-likeness (QED) is 0.690. The molecule has 146 valence electrons. The SMILES string of the molecule is COc1ccc([C@@H]2C3=C(C[C@@H](c4ccccc4)CC3=O)Nc3onc(C)c32)cc1. The Kier molecular flexibility index (Phi) is 4.23. The van der Waals surface area contributed by atoms with E-state index in [9.17, 15) is 4.79 Å². The van der Waals surface area contributed by atoms with Crippen LogP contribution in [0.15, 0.2) is 70.4 Å². The summed E-state index contributed by atoms with van der Waals surface area (Å²) in [5, 5.41) is 7.54. The zero-order valence-electron chi connectivity index (χ0n) is 16.4. The number of ketones is 1. The number of aryl methyl sites for hydroxylation is 1. The second-order valence-electron chi connectivity index (χ2n) is 7.67. The van der Waals surface area contributed by atoms with E-state index in [1.54, 1.807) is 7.11 Å². The molecule has 5 rings (SSSR count). The molecule has 1 aliphatic carbocycles. The maximum Gasteiger partial charge on any atom is 0.233 e. The molecule has 1 aliphatic heterocycles. The number of rotatable bonds is 3. The number of methoxy groups -OCH3 is 1. The van der Waals surface area contributed by atoms with Crippen molar-refractivity contribution in [2.45, 2.75) is 31.6 Å². The summed E-state index contributed by atoms with van der Waals surface area (Å²) in [5.41, 5.74) is 5.76. The lowest BCUT2D eigenvalue weighted by Crippen LogP contribution is -2.29. The van der Waals surface area contributed by atoms with Crippen LogP contribution in [-0.2, 0) is 4.79 Å². The average molecular weight is 386 g/mol. The van der Waals surface area contributed by atoms with Crippen LogP contribution < -0.4 is 10.1 Å². The number of aromatic nitrogens is 1. The van der Waals surface area contributed by atoms with Crippen LogP contribution in [0.25, 0.3) is 0 Å². The number of nitrogens with zero attached hydrogens (tertiary/aromatic N) is 1. The number of fused-ring (bicyclic) bond motifs is 1. The average Bonchev–Trinajstić information content (AvgIpc) is 3.13. The molecular formula is C24H22N2O3. The molecule has 1 aromatic heterocycles. The third kappa shape index (κ3) is 2.94. The molecule has 3 aromatic rings. The number of Topliss-reactive ketones (excluding diaryl/α,β-unsaturated/α-hetero) is 1. The van der Waals surface area contributed by atoms with Gasteiger partial charge in [-0.3, -0.25) is 4.79 Å². The first-order valence-electron chi connectivity index (χ1n) is 9.84. The van der Waals surface area contributed by atoms with Gasteiger partial charge in [-0.15, -0.1) is 0 Å². The second kappa shape index (κ2) is 6.92. The molecule has 0 amide bonds. The van der Waals surface area contributed by atoms with Crippen LogP contribution in [0.1, 0.15) is 47.1 Å². The van der Waals surface area contributed by atoms with Crippen molar-refractivity contribution in [3.63, 3.8) is 0 Å². The van der Waals surface area contributed by atoms with Gasteiger partial charge < -0.3 is 14.6 Å². The van der Waals surface area contributed by atoms with Crippen LogP contribution in [0.4, 0.5) is 5.88 Å². The van der Waals surface area contributed by atoms with Crippen LogP contribution in [0.2, 0.25) is 0 Å². The van der Waals surface area contributed by atoms with Crippen LogP contribution >= 0.6 is 0 Å². The highest BCUT2D eigenvalue weighted by Crippen LogP contribution is 2.49. The minimum absolute atomic E-state index is 0.164. The fourth-order valence-corrected chi connectivity index (χ4v) is 4.56. The van der Waals surface area contributed by atoms with Gasteiger partial charge in [-0.05, 0) is 42.5 Å². The van der Waals surface area contributed by atoms with Crippen LogP contribution in [-0.4, -0.2) is 18.0 Å². The fourth-order valence-electron chi connectivity index (χ4n) is 4.56. The smallest absolute Gasteiger partial charge is 0.233 e. The zero-order valence-corrected chi connectivity index (χ0v) is 16.4. The number of anilines is 1. The van der Waals surface area contributed by atoms with Gasteiger partial charge >= 0.3 is 0 Å². The van der Waals surface area contributed by atoms with E-state index in [0.29, 0.717) is 12.3 Å². The van der Waals surface area contributed by atoms with E-state index in [1.807, 2.05) is 49.4 Å². The number of carbonyl (C=O) groups excluding carboxylic acids is 1. The minimum atomic E-state index is -0.178. The molecular weight excluding hydrogens is 364 g/mol. The molecule has 0 spiro atoms. The number of ether oxygens (including phenoxy) is 1. The predicted molar refractivity (Wildman–Crippen MR) is 110 cm³/mol. The molecule has 0 saturated heterocycles. The van der Waals surface area contributed by atoms with Crippen LogP contribution in [0.5, 0.6) is 5.75 Å². The largest absolute Gasteiger partial charge is 0.497 e. The standard InChI is InChI=1S/C24H22N2O3/c1-14-21-22(16-8-10-18(28-2)11-9-16)23-19(25-24(21)29-26-14)12-17(13-20(23)27)15-6-4-3-5-7-15/h3-11,17,22,25H,12-13H2,1-2H3/t17-,22+/m1/s1. The Labute approximate surface area is 169 Å². The molecule has 2 aromatic carbocycles. The molecule has 0 radical (unpaired) electrons. The van der Waals surface area contributed by atoms with Gasteiger partial charge in [-0.1, -0.05) is 47.6 Å². The van der Waals surface area contributed by atoms with Gasteiger partial charge in [0.2, 0.25) is 5.88 Å². The van der Waals surface area contributed by atoms with Gasteiger partial charge in [0.1, 0.15) is 5.75 Å². The summed E-state index contributed by atoms with van der Waals surface area (Å²) in [6, 6.07) is 18.1.